The Balaban J connectivity index is 1.78. The van der Waals surface area contributed by atoms with Gasteiger partial charge in [0.15, 0.2) is 0 Å². The Morgan fingerprint density at radius 1 is 1.18 bits per heavy atom. The van der Waals surface area contributed by atoms with E-state index in [1.807, 2.05) is 12.1 Å². The lowest BCUT2D eigenvalue weighted by Gasteiger charge is -2.12. The van der Waals surface area contributed by atoms with Crippen LogP contribution < -0.4 is 10.1 Å². The van der Waals surface area contributed by atoms with Crippen LogP contribution in [-0.2, 0) is 6.42 Å². The molecule has 1 atom stereocenters. The van der Waals surface area contributed by atoms with Crippen molar-refractivity contribution in [3.8, 4) is 22.4 Å². The van der Waals surface area contributed by atoms with E-state index >= 15 is 0 Å². The van der Waals surface area contributed by atoms with Gasteiger partial charge in [0.25, 0.3) is 0 Å². The van der Waals surface area contributed by atoms with Crippen molar-refractivity contribution >= 4 is 11.3 Å². The molecule has 0 spiro atoms. The first-order valence-electron chi connectivity index (χ1n) is 8.24. The van der Waals surface area contributed by atoms with Crippen molar-refractivity contribution in [2.75, 3.05) is 7.05 Å². The lowest BCUT2D eigenvalue weighted by atomic mass is 10.1. The molecule has 0 bridgehead atoms. The summed E-state index contributed by atoms with van der Waals surface area (Å²) in [6, 6.07) is 14.9. The molecule has 0 radical (unpaired) electrons. The van der Waals surface area contributed by atoms with Gasteiger partial charge in [-0.05, 0) is 43.3 Å². The van der Waals surface area contributed by atoms with E-state index in [4.69, 9.17) is 5.26 Å². The fraction of sp³-hybridized carbons (Fsp3) is 0.211. The highest BCUT2D eigenvalue weighted by Gasteiger charge is 2.31. The van der Waals surface area contributed by atoms with Gasteiger partial charge in [-0.3, -0.25) is 0 Å². The Kier molecular flexibility index (Phi) is 5.92. The van der Waals surface area contributed by atoms with Crippen molar-refractivity contribution in [1.29, 1.82) is 5.26 Å². The molecule has 1 heterocycles. The molecule has 0 aliphatic heterocycles. The van der Waals surface area contributed by atoms with E-state index in [2.05, 4.69) is 26.3 Å². The quantitative estimate of drug-likeness (QED) is 0.656. The molecule has 1 aromatic heterocycles. The fourth-order valence-corrected chi connectivity index (χ4v) is 3.53. The first-order chi connectivity index (χ1) is 13.4. The highest BCUT2D eigenvalue weighted by Crippen LogP contribution is 2.31. The average molecular weight is 404 g/mol. The molecule has 9 heteroatoms. The second-order valence-electron chi connectivity index (χ2n) is 5.88. The number of nitriles is 1. The van der Waals surface area contributed by atoms with Gasteiger partial charge in [-0.15, -0.1) is 23.4 Å². The number of aromatic nitrogens is 2. The molecule has 3 aromatic rings. The lowest BCUT2D eigenvalue weighted by Crippen LogP contribution is -2.18. The topological polar surface area (TPSA) is 70.8 Å². The van der Waals surface area contributed by atoms with E-state index < -0.39 is 6.36 Å². The molecule has 0 aliphatic rings. The maximum Gasteiger partial charge on any atom is 0.573 e. The molecule has 2 aromatic carbocycles. The van der Waals surface area contributed by atoms with Gasteiger partial charge in [0.2, 0.25) is 0 Å². The summed E-state index contributed by atoms with van der Waals surface area (Å²) in [5, 5.41) is 21.6. The summed E-state index contributed by atoms with van der Waals surface area (Å²) in [4.78, 5) is 0. The van der Waals surface area contributed by atoms with Crippen LogP contribution in [0.25, 0.3) is 10.6 Å². The fourth-order valence-electron chi connectivity index (χ4n) is 2.58. The molecule has 0 aliphatic carbocycles. The maximum atomic E-state index is 12.4. The number of hydrogen-bond acceptors (Lipinski definition) is 6. The zero-order valence-electron chi connectivity index (χ0n) is 14.7. The third-order valence-corrected chi connectivity index (χ3v) is 5.01. The van der Waals surface area contributed by atoms with Gasteiger partial charge in [0.05, 0.1) is 17.7 Å². The molecule has 1 N–H and O–H groups in total. The van der Waals surface area contributed by atoms with Crippen molar-refractivity contribution in [3.63, 3.8) is 0 Å². The molecule has 144 valence electrons. The first-order valence-corrected chi connectivity index (χ1v) is 9.05. The van der Waals surface area contributed by atoms with Crippen molar-refractivity contribution < 1.29 is 17.9 Å². The second kappa shape index (κ2) is 8.37. The minimum absolute atomic E-state index is 0.117. The van der Waals surface area contributed by atoms with E-state index in [0.717, 1.165) is 5.56 Å². The molecule has 0 fully saturated rings. The van der Waals surface area contributed by atoms with Gasteiger partial charge in [-0.25, -0.2) is 0 Å². The van der Waals surface area contributed by atoms with Gasteiger partial charge < -0.3 is 10.1 Å². The summed E-state index contributed by atoms with van der Waals surface area (Å²) in [6.07, 6.45) is -4.11. The zero-order valence-corrected chi connectivity index (χ0v) is 15.5. The number of hydrogen-bond donors (Lipinski definition) is 1. The predicted octanol–water partition coefficient (Wildman–Crippen LogP) is 4.48. The highest BCUT2D eigenvalue weighted by molar-refractivity contribution is 7.14. The van der Waals surface area contributed by atoms with Gasteiger partial charge in [0, 0.05) is 5.56 Å². The van der Waals surface area contributed by atoms with Crippen LogP contribution in [0.4, 0.5) is 13.2 Å². The van der Waals surface area contributed by atoms with E-state index in [1.54, 1.807) is 25.2 Å². The predicted molar refractivity (Wildman–Crippen MR) is 98.7 cm³/mol. The molecule has 28 heavy (non-hydrogen) atoms. The monoisotopic (exact) mass is 404 g/mol. The van der Waals surface area contributed by atoms with Crippen LogP contribution in [0.5, 0.6) is 5.75 Å². The molecular weight excluding hydrogens is 389 g/mol. The smallest absolute Gasteiger partial charge is 0.406 e. The standard InChI is InChI=1S/C19H15F3N4OS/c1-24-16(9-12-5-7-13(11-23)8-6-12)18-26-25-17(28-18)14-3-2-4-15(10-14)27-19(20,21)22/h2-8,10,16,24H,9H2,1H3/t16-/m0/s1. The van der Waals surface area contributed by atoms with E-state index in [1.165, 1.54) is 29.5 Å². The molecule has 0 saturated carbocycles. The van der Waals surface area contributed by atoms with E-state index in [0.29, 0.717) is 27.6 Å². The second-order valence-corrected chi connectivity index (χ2v) is 6.88. The molecule has 5 nitrogen and oxygen atoms in total. The SMILES string of the molecule is CN[C@@H](Cc1ccc(C#N)cc1)c1nnc(-c2cccc(OC(F)(F)F)c2)s1. The third-order valence-electron chi connectivity index (χ3n) is 3.92. The van der Waals surface area contributed by atoms with Crippen molar-refractivity contribution in [2.45, 2.75) is 18.8 Å². The number of benzene rings is 2. The van der Waals surface area contributed by atoms with Gasteiger partial charge in [-0.1, -0.05) is 35.6 Å². The number of halogens is 3. The van der Waals surface area contributed by atoms with Crippen LogP contribution >= 0.6 is 11.3 Å². The Morgan fingerprint density at radius 3 is 2.57 bits per heavy atom. The average Bonchev–Trinajstić information content (AvgIpc) is 3.15. The van der Waals surface area contributed by atoms with Crippen LogP contribution in [0.3, 0.4) is 0 Å². The molecule has 3 rings (SSSR count). The van der Waals surface area contributed by atoms with Crippen LogP contribution in [0, 0.1) is 11.3 Å². The molecule has 0 saturated heterocycles. The normalized spacial score (nSPS) is 12.4. The molecule has 0 amide bonds. The van der Waals surface area contributed by atoms with Crippen LogP contribution in [0.15, 0.2) is 48.5 Å². The summed E-state index contributed by atoms with van der Waals surface area (Å²) in [5.74, 6) is -0.301. The number of rotatable bonds is 6. The third kappa shape index (κ3) is 5.06. The minimum atomic E-state index is -4.75. The van der Waals surface area contributed by atoms with Crippen LogP contribution in [0.1, 0.15) is 22.2 Å². The maximum absolute atomic E-state index is 12.4. The van der Waals surface area contributed by atoms with E-state index in [9.17, 15) is 13.2 Å². The summed E-state index contributed by atoms with van der Waals surface area (Å²) in [6.45, 7) is 0. The molecular formula is C19H15F3N4OS. The van der Waals surface area contributed by atoms with Crippen LogP contribution in [-0.4, -0.2) is 23.6 Å². The van der Waals surface area contributed by atoms with Gasteiger partial charge in [0.1, 0.15) is 15.8 Å². The van der Waals surface area contributed by atoms with Gasteiger partial charge >= 0.3 is 6.36 Å². The zero-order chi connectivity index (χ0) is 20.1. The first kappa shape index (κ1) is 19.8. The van der Waals surface area contributed by atoms with Crippen molar-refractivity contribution in [1.82, 2.24) is 15.5 Å². The summed E-state index contributed by atoms with van der Waals surface area (Å²) in [7, 11) is 1.80. The number of nitrogens with zero attached hydrogens (tertiary/aromatic N) is 3. The number of ether oxygens (including phenoxy) is 1. The Hall–Kier alpha value is -2.96. The number of likely N-dealkylation sites (N-methyl/N-ethyl adjacent to an activating group) is 1. The Bertz CT molecular complexity index is 980. The summed E-state index contributed by atoms with van der Waals surface area (Å²) < 4.78 is 41.2. The molecule has 0 unspecified atom stereocenters. The van der Waals surface area contributed by atoms with Gasteiger partial charge in [-0.2, -0.15) is 5.26 Å². The minimum Gasteiger partial charge on any atom is -0.406 e. The number of nitrogens with one attached hydrogen (secondary N) is 1. The van der Waals surface area contributed by atoms with Crippen molar-refractivity contribution in [3.05, 3.63) is 64.7 Å². The Labute approximate surface area is 163 Å². The van der Waals surface area contributed by atoms with Crippen LogP contribution in [0.2, 0.25) is 0 Å². The van der Waals surface area contributed by atoms with E-state index in [-0.39, 0.29) is 11.8 Å². The summed E-state index contributed by atoms with van der Waals surface area (Å²) >= 11 is 1.30. The lowest BCUT2D eigenvalue weighted by molar-refractivity contribution is -0.274. The summed E-state index contributed by atoms with van der Waals surface area (Å²) in [5.41, 5.74) is 2.11. The van der Waals surface area contributed by atoms with Crippen molar-refractivity contribution in [2.24, 2.45) is 0 Å². The number of alkyl halides is 3. The Morgan fingerprint density at radius 2 is 1.93 bits per heavy atom. The highest BCUT2D eigenvalue weighted by atomic mass is 32.1. The largest absolute Gasteiger partial charge is 0.573 e.